The maximum atomic E-state index is 10.9. The summed E-state index contributed by atoms with van der Waals surface area (Å²) in [6.45, 7) is 4.92. The first-order valence-corrected chi connectivity index (χ1v) is 7.01. The van der Waals surface area contributed by atoms with Crippen LogP contribution in [0.15, 0.2) is 12.1 Å². The van der Waals surface area contributed by atoms with Crippen LogP contribution in [0.25, 0.3) is 0 Å². The molecular formula is C15H22N2O2. The number of hydrogen-bond acceptors (Lipinski definition) is 3. The van der Waals surface area contributed by atoms with Crippen molar-refractivity contribution in [1.29, 1.82) is 0 Å². The van der Waals surface area contributed by atoms with Crippen molar-refractivity contribution in [2.75, 3.05) is 11.9 Å². The number of pyridine rings is 1. The molecule has 0 atom stereocenters. The number of anilines is 1. The Morgan fingerprint density at radius 1 is 1.42 bits per heavy atom. The third-order valence-electron chi connectivity index (χ3n) is 4.37. The molecule has 0 spiro atoms. The summed E-state index contributed by atoms with van der Waals surface area (Å²) in [6, 6.07) is 3.38. The quantitative estimate of drug-likeness (QED) is 0.853. The summed E-state index contributed by atoms with van der Waals surface area (Å²) in [6.07, 6.45) is 6.39. The van der Waals surface area contributed by atoms with Crippen LogP contribution in [0, 0.1) is 12.3 Å². The summed E-state index contributed by atoms with van der Waals surface area (Å²) in [5.74, 6) is -0.139. The molecule has 0 aromatic carbocycles. The molecular weight excluding hydrogens is 240 g/mol. The van der Waals surface area contributed by atoms with Gasteiger partial charge in [-0.2, -0.15) is 0 Å². The smallest absolute Gasteiger partial charge is 0.337 e. The van der Waals surface area contributed by atoms with Gasteiger partial charge in [-0.1, -0.05) is 19.8 Å². The van der Waals surface area contributed by atoms with E-state index in [0.717, 1.165) is 12.4 Å². The van der Waals surface area contributed by atoms with Gasteiger partial charge in [-0.25, -0.2) is 9.78 Å². The van der Waals surface area contributed by atoms with Crippen molar-refractivity contribution in [2.45, 2.75) is 46.0 Å². The lowest BCUT2D eigenvalue weighted by molar-refractivity contribution is 0.0695. The third-order valence-corrected chi connectivity index (χ3v) is 4.37. The van der Waals surface area contributed by atoms with Crippen LogP contribution in [0.4, 0.5) is 5.82 Å². The highest BCUT2D eigenvalue weighted by molar-refractivity contribution is 5.89. The predicted molar refractivity (Wildman–Crippen MR) is 75.6 cm³/mol. The molecule has 0 radical (unpaired) electrons. The summed E-state index contributed by atoms with van der Waals surface area (Å²) in [4.78, 5) is 15.3. The average molecular weight is 262 g/mol. The Labute approximate surface area is 114 Å². The van der Waals surface area contributed by atoms with Crippen molar-refractivity contribution in [1.82, 2.24) is 4.98 Å². The molecule has 104 valence electrons. The van der Waals surface area contributed by atoms with Crippen LogP contribution < -0.4 is 5.32 Å². The maximum Gasteiger partial charge on any atom is 0.337 e. The Kier molecular flexibility index (Phi) is 4.08. The zero-order valence-corrected chi connectivity index (χ0v) is 11.7. The van der Waals surface area contributed by atoms with Crippen LogP contribution in [-0.2, 0) is 0 Å². The van der Waals surface area contributed by atoms with Gasteiger partial charge in [0.2, 0.25) is 0 Å². The number of aryl methyl sites for hydroxylation is 1. The molecule has 0 saturated heterocycles. The van der Waals surface area contributed by atoms with E-state index in [0.29, 0.717) is 11.1 Å². The Morgan fingerprint density at radius 2 is 2.11 bits per heavy atom. The molecule has 0 amide bonds. The van der Waals surface area contributed by atoms with E-state index in [1.54, 1.807) is 19.1 Å². The molecule has 1 aliphatic carbocycles. The number of rotatable bonds is 5. The van der Waals surface area contributed by atoms with Gasteiger partial charge in [-0.15, -0.1) is 0 Å². The van der Waals surface area contributed by atoms with Crippen LogP contribution in [-0.4, -0.2) is 22.6 Å². The molecule has 0 aliphatic heterocycles. The minimum absolute atomic E-state index is 0.275. The van der Waals surface area contributed by atoms with Gasteiger partial charge >= 0.3 is 5.97 Å². The number of carbonyl (C=O) groups is 1. The highest BCUT2D eigenvalue weighted by Crippen LogP contribution is 2.40. The second kappa shape index (κ2) is 5.59. The molecule has 0 unspecified atom stereocenters. The van der Waals surface area contributed by atoms with Crippen molar-refractivity contribution in [3.63, 3.8) is 0 Å². The molecule has 0 bridgehead atoms. The van der Waals surface area contributed by atoms with Crippen molar-refractivity contribution < 1.29 is 9.90 Å². The molecule has 1 heterocycles. The largest absolute Gasteiger partial charge is 0.478 e. The van der Waals surface area contributed by atoms with Gasteiger partial charge in [0.1, 0.15) is 5.82 Å². The summed E-state index contributed by atoms with van der Waals surface area (Å²) in [5.41, 5.74) is 1.24. The number of nitrogens with zero attached hydrogens (tertiary/aromatic N) is 1. The molecule has 1 fully saturated rings. The van der Waals surface area contributed by atoms with E-state index in [2.05, 4.69) is 17.2 Å². The molecule has 2 rings (SSSR count). The number of carboxylic acid groups (broad SMARTS) is 1. The van der Waals surface area contributed by atoms with Gasteiger partial charge in [0.15, 0.2) is 0 Å². The van der Waals surface area contributed by atoms with E-state index < -0.39 is 5.97 Å². The zero-order chi connectivity index (χ0) is 13.9. The van der Waals surface area contributed by atoms with E-state index in [1.807, 2.05) is 0 Å². The van der Waals surface area contributed by atoms with Gasteiger partial charge in [-0.3, -0.25) is 0 Å². The molecule has 1 aromatic rings. The number of carboxylic acids is 1. The fraction of sp³-hybridized carbons (Fsp3) is 0.600. The highest BCUT2D eigenvalue weighted by atomic mass is 16.4. The fourth-order valence-corrected chi connectivity index (χ4v) is 2.94. The molecule has 2 N–H and O–H groups in total. The van der Waals surface area contributed by atoms with E-state index in [9.17, 15) is 4.79 Å². The number of nitrogens with one attached hydrogen (secondary N) is 1. The fourth-order valence-electron chi connectivity index (χ4n) is 2.94. The Balaban J connectivity index is 2.03. The number of aromatic nitrogens is 1. The van der Waals surface area contributed by atoms with E-state index in [4.69, 9.17) is 5.11 Å². The Bertz CT molecular complexity index is 465. The monoisotopic (exact) mass is 262 g/mol. The maximum absolute atomic E-state index is 10.9. The molecule has 1 saturated carbocycles. The normalized spacial score (nSPS) is 17.4. The third kappa shape index (κ3) is 3.06. The zero-order valence-electron chi connectivity index (χ0n) is 11.7. The summed E-state index contributed by atoms with van der Waals surface area (Å²) in [5, 5.41) is 12.4. The van der Waals surface area contributed by atoms with Crippen molar-refractivity contribution >= 4 is 11.8 Å². The first kappa shape index (κ1) is 13.8. The lowest BCUT2D eigenvalue weighted by Crippen LogP contribution is -2.26. The van der Waals surface area contributed by atoms with Crippen molar-refractivity contribution in [3.05, 3.63) is 23.4 Å². The van der Waals surface area contributed by atoms with Crippen molar-refractivity contribution in [3.8, 4) is 0 Å². The Morgan fingerprint density at radius 3 is 2.63 bits per heavy atom. The first-order chi connectivity index (χ1) is 9.06. The second-order valence-corrected chi connectivity index (χ2v) is 5.55. The topological polar surface area (TPSA) is 62.2 Å². The number of aromatic carboxylic acids is 1. The minimum Gasteiger partial charge on any atom is -0.478 e. The molecule has 4 nitrogen and oxygen atoms in total. The lowest BCUT2D eigenvalue weighted by atomic mass is 9.83. The molecule has 1 aliphatic rings. The molecule has 19 heavy (non-hydrogen) atoms. The van der Waals surface area contributed by atoms with Gasteiger partial charge < -0.3 is 10.4 Å². The van der Waals surface area contributed by atoms with Crippen molar-refractivity contribution in [2.24, 2.45) is 5.41 Å². The van der Waals surface area contributed by atoms with E-state index in [-0.39, 0.29) is 5.56 Å². The van der Waals surface area contributed by atoms with Gasteiger partial charge in [0.25, 0.3) is 0 Å². The second-order valence-electron chi connectivity index (χ2n) is 5.55. The van der Waals surface area contributed by atoms with Gasteiger partial charge in [0, 0.05) is 6.54 Å². The predicted octanol–water partition coefficient (Wildman–Crippen LogP) is 3.47. The van der Waals surface area contributed by atoms with Crippen LogP contribution in [0.5, 0.6) is 0 Å². The molecule has 4 heteroatoms. The first-order valence-electron chi connectivity index (χ1n) is 7.01. The minimum atomic E-state index is -0.919. The van der Waals surface area contributed by atoms with Crippen LogP contribution in [0.1, 0.15) is 55.1 Å². The average Bonchev–Trinajstić information content (AvgIpc) is 2.85. The van der Waals surface area contributed by atoms with E-state index in [1.165, 1.54) is 32.1 Å². The number of hydrogen-bond donors (Lipinski definition) is 2. The summed E-state index contributed by atoms with van der Waals surface area (Å²) < 4.78 is 0. The van der Waals surface area contributed by atoms with Crippen LogP contribution in [0.3, 0.4) is 0 Å². The lowest BCUT2D eigenvalue weighted by Gasteiger charge is -2.28. The Hall–Kier alpha value is -1.58. The SMILES string of the molecule is CCC1(CNc2ccc(C(=O)O)c(C)n2)CCCC1. The van der Waals surface area contributed by atoms with Gasteiger partial charge in [0.05, 0.1) is 11.3 Å². The van der Waals surface area contributed by atoms with Crippen LogP contribution >= 0.6 is 0 Å². The summed E-state index contributed by atoms with van der Waals surface area (Å²) >= 11 is 0. The van der Waals surface area contributed by atoms with E-state index >= 15 is 0 Å². The van der Waals surface area contributed by atoms with Gasteiger partial charge in [-0.05, 0) is 43.7 Å². The summed E-state index contributed by atoms with van der Waals surface area (Å²) in [7, 11) is 0. The van der Waals surface area contributed by atoms with Crippen LogP contribution in [0.2, 0.25) is 0 Å². The highest BCUT2D eigenvalue weighted by Gasteiger charge is 2.31. The molecule has 1 aromatic heterocycles. The standard InChI is InChI=1S/C15H22N2O2/c1-3-15(8-4-5-9-15)10-16-13-7-6-12(14(18)19)11(2)17-13/h6-7H,3-5,8-10H2,1-2H3,(H,16,17)(H,18,19).